The van der Waals surface area contributed by atoms with Crippen molar-refractivity contribution in [2.75, 3.05) is 26.0 Å². The van der Waals surface area contributed by atoms with Crippen molar-refractivity contribution < 1.29 is 14.3 Å². The van der Waals surface area contributed by atoms with Crippen molar-refractivity contribution in [1.82, 2.24) is 20.1 Å². The summed E-state index contributed by atoms with van der Waals surface area (Å²) in [6.45, 7) is 1.37. The molecule has 1 amide bonds. The molecular weight excluding hydrogens is 340 g/mol. The second-order valence-electron chi connectivity index (χ2n) is 5.82. The highest BCUT2D eigenvalue weighted by Crippen LogP contribution is 2.24. The predicted octanol–water partition coefficient (Wildman–Crippen LogP) is 1.88. The molecule has 7 nitrogen and oxygen atoms in total. The van der Waals surface area contributed by atoms with Gasteiger partial charge in [-0.3, -0.25) is 4.79 Å². The maximum absolute atomic E-state index is 12.0. The number of ether oxygens (including phenoxy) is 2. The molecule has 1 saturated heterocycles. The number of amides is 1. The van der Waals surface area contributed by atoms with E-state index >= 15 is 0 Å². The van der Waals surface area contributed by atoms with Crippen LogP contribution in [0.1, 0.15) is 12.8 Å². The highest BCUT2D eigenvalue weighted by molar-refractivity contribution is 7.99. The van der Waals surface area contributed by atoms with Gasteiger partial charge in [0.1, 0.15) is 5.75 Å². The Kier molecular flexibility index (Phi) is 5.93. The van der Waals surface area contributed by atoms with Crippen LogP contribution >= 0.6 is 11.8 Å². The van der Waals surface area contributed by atoms with Gasteiger partial charge in [0.25, 0.3) is 0 Å². The van der Waals surface area contributed by atoms with E-state index in [1.165, 1.54) is 11.8 Å². The molecule has 1 aromatic heterocycles. The van der Waals surface area contributed by atoms with Gasteiger partial charge < -0.3 is 19.4 Å². The number of benzene rings is 1. The summed E-state index contributed by atoms with van der Waals surface area (Å²) in [5.74, 6) is 1.84. The maximum Gasteiger partial charge on any atom is 0.230 e. The maximum atomic E-state index is 12.0. The van der Waals surface area contributed by atoms with Crippen molar-refractivity contribution in [1.29, 1.82) is 0 Å². The topological polar surface area (TPSA) is 78.3 Å². The van der Waals surface area contributed by atoms with E-state index in [2.05, 4.69) is 15.5 Å². The number of carbonyl (C=O) groups is 1. The van der Waals surface area contributed by atoms with Crippen LogP contribution in [0, 0.1) is 0 Å². The molecule has 0 bridgehead atoms. The fourth-order valence-electron chi connectivity index (χ4n) is 2.65. The Morgan fingerprint density at radius 1 is 1.40 bits per heavy atom. The SMILES string of the molecule is COc1ccc(-c2nnc(SCC(=O)NC[C@@H]3CCCO3)n2C)cc1. The van der Waals surface area contributed by atoms with E-state index in [0.717, 1.165) is 36.6 Å². The zero-order valence-electron chi connectivity index (χ0n) is 14.4. The molecule has 134 valence electrons. The first kappa shape index (κ1) is 17.8. The average Bonchev–Trinajstić information content (AvgIpc) is 3.28. The highest BCUT2D eigenvalue weighted by atomic mass is 32.2. The average molecular weight is 362 g/mol. The van der Waals surface area contributed by atoms with Crippen LogP contribution in [0.3, 0.4) is 0 Å². The second kappa shape index (κ2) is 8.35. The van der Waals surface area contributed by atoms with E-state index in [9.17, 15) is 4.79 Å². The van der Waals surface area contributed by atoms with E-state index < -0.39 is 0 Å². The first-order valence-electron chi connectivity index (χ1n) is 8.22. The normalized spacial score (nSPS) is 16.8. The smallest absolute Gasteiger partial charge is 0.230 e. The summed E-state index contributed by atoms with van der Waals surface area (Å²) in [6, 6.07) is 7.64. The zero-order chi connectivity index (χ0) is 17.6. The fraction of sp³-hybridized carbons (Fsp3) is 0.471. The van der Waals surface area contributed by atoms with Crippen LogP contribution in [0.2, 0.25) is 0 Å². The lowest BCUT2D eigenvalue weighted by atomic mass is 10.2. The van der Waals surface area contributed by atoms with Crippen molar-refractivity contribution in [3.63, 3.8) is 0 Å². The second-order valence-corrected chi connectivity index (χ2v) is 6.76. The summed E-state index contributed by atoms with van der Waals surface area (Å²) >= 11 is 1.37. The summed E-state index contributed by atoms with van der Waals surface area (Å²) in [6.07, 6.45) is 2.25. The monoisotopic (exact) mass is 362 g/mol. The summed E-state index contributed by atoms with van der Waals surface area (Å²) in [5.41, 5.74) is 0.950. The van der Waals surface area contributed by atoms with Gasteiger partial charge in [0.15, 0.2) is 11.0 Å². The molecule has 1 aromatic carbocycles. The van der Waals surface area contributed by atoms with Crippen molar-refractivity contribution in [3.05, 3.63) is 24.3 Å². The number of hydrogen-bond donors (Lipinski definition) is 1. The molecule has 3 rings (SSSR count). The van der Waals surface area contributed by atoms with Gasteiger partial charge in [0.05, 0.1) is 19.0 Å². The standard InChI is InChI=1S/C17H22N4O3S/c1-21-16(12-5-7-13(23-2)8-6-12)19-20-17(21)25-11-15(22)18-10-14-4-3-9-24-14/h5-8,14H,3-4,9-11H2,1-2H3,(H,18,22)/t14-/m0/s1. The van der Waals surface area contributed by atoms with Crippen LogP contribution in [-0.4, -0.2) is 52.8 Å². The van der Waals surface area contributed by atoms with Crippen LogP contribution in [0.4, 0.5) is 0 Å². The van der Waals surface area contributed by atoms with Gasteiger partial charge in [-0.05, 0) is 37.1 Å². The van der Waals surface area contributed by atoms with Crippen LogP contribution in [0.25, 0.3) is 11.4 Å². The lowest BCUT2D eigenvalue weighted by Crippen LogP contribution is -2.32. The third kappa shape index (κ3) is 4.52. The molecule has 1 aliphatic rings. The van der Waals surface area contributed by atoms with Crippen LogP contribution in [0.5, 0.6) is 5.75 Å². The molecule has 0 spiro atoms. The van der Waals surface area contributed by atoms with Crippen molar-refractivity contribution in [3.8, 4) is 17.1 Å². The number of methoxy groups -OCH3 is 1. The lowest BCUT2D eigenvalue weighted by molar-refractivity contribution is -0.119. The van der Waals surface area contributed by atoms with Crippen molar-refractivity contribution >= 4 is 17.7 Å². The number of nitrogens with one attached hydrogen (secondary N) is 1. The molecule has 1 N–H and O–H groups in total. The van der Waals surface area contributed by atoms with Crippen molar-refractivity contribution in [2.24, 2.45) is 7.05 Å². The first-order chi connectivity index (χ1) is 12.2. The third-order valence-electron chi connectivity index (χ3n) is 4.07. The Morgan fingerprint density at radius 2 is 2.20 bits per heavy atom. The molecule has 1 aliphatic heterocycles. The Labute approximate surface area is 151 Å². The third-order valence-corrected chi connectivity index (χ3v) is 5.09. The highest BCUT2D eigenvalue weighted by Gasteiger charge is 2.17. The quantitative estimate of drug-likeness (QED) is 0.758. The Morgan fingerprint density at radius 3 is 2.88 bits per heavy atom. The molecule has 0 aliphatic carbocycles. The molecule has 1 fully saturated rings. The summed E-state index contributed by atoms with van der Waals surface area (Å²) in [7, 11) is 3.53. The molecule has 2 heterocycles. The van der Waals surface area contributed by atoms with E-state index in [-0.39, 0.29) is 12.0 Å². The van der Waals surface area contributed by atoms with Gasteiger partial charge in [-0.1, -0.05) is 11.8 Å². The number of aromatic nitrogens is 3. The molecule has 2 aromatic rings. The molecule has 0 radical (unpaired) electrons. The van der Waals surface area contributed by atoms with E-state index in [1.54, 1.807) is 7.11 Å². The number of nitrogens with zero attached hydrogens (tertiary/aromatic N) is 3. The van der Waals surface area contributed by atoms with Crippen LogP contribution < -0.4 is 10.1 Å². The minimum Gasteiger partial charge on any atom is -0.497 e. The summed E-state index contributed by atoms with van der Waals surface area (Å²) < 4.78 is 12.6. The molecule has 25 heavy (non-hydrogen) atoms. The number of rotatable bonds is 7. The van der Waals surface area contributed by atoms with Crippen LogP contribution in [-0.2, 0) is 16.6 Å². The van der Waals surface area contributed by atoms with Gasteiger partial charge in [-0.2, -0.15) is 0 Å². The largest absolute Gasteiger partial charge is 0.497 e. The van der Waals surface area contributed by atoms with Gasteiger partial charge in [0, 0.05) is 25.8 Å². The Bertz CT molecular complexity index is 711. The first-order valence-corrected chi connectivity index (χ1v) is 9.21. The van der Waals surface area contributed by atoms with E-state index in [4.69, 9.17) is 9.47 Å². The Hall–Kier alpha value is -2.06. The van der Waals surface area contributed by atoms with Crippen LogP contribution in [0.15, 0.2) is 29.4 Å². The van der Waals surface area contributed by atoms with E-state index in [1.807, 2.05) is 35.9 Å². The van der Waals surface area contributed by atoms with Gasteiger partial charge in [0.2, 0.25) is 5.91 Å². The zero-order valence-corrected chi connectivity index (χ0v) is 15.2. The van der Waals surface area contributed by atoms with Crippen molar-refractivity contribution in [2.45, 2.75) is 24.1 Å². The summed E-state index contributed by atoms with van der Waals surface area (Å²) in [5, 5.41) is 12.0. The minimum absolute atomic E-state index is 0.0190. The summed E-state index contributed by atoms with van der Waals surface area (Å²) in [4.78, 5) is 12.0. The molecular formula is C17H22N4O3S. The number of hydrogen-bond acceptors (Lipinski definition) is 6. The number of thioether (sulfide) groups is 1. The van der Waals surface area contributed by atoms with Gasteiger partial charge in [-0.25, -0.2) is 0 Å². The van der Waals surface area contributed by atoms with E-state index in [0.29, 0.717) is 17.5 Å². The predicted molar refractivity (Wildman–Crippen MR) is 95.7 cm³/mol. The molecule has 0 unspecified atom stereocenters. The minimum atomic E-state index is -0.0190. The Balaban J connectivity index is 1.54. The lowest BCUT2D eigenvalue weighted by Gasteiger charge is -2.10. The molecule has 1 atom stereocenters. The van der Waals surface area contributed by atoms with Gasteiger partial charge >= 0.3 is 0 Å². The molecule has 8 heteroatoms. The van der Waals surface area contributed by atoms with Gasteiger partial charge in [-0.15, -0.1) is 10.2 Å². The molecule has 0 saturated carbocycles. The number of carbonyl (C=O) groups excluding carboxylic acids is 1. The fourth-order valence-corrected chi connectivity index (χ4v) is 3.39.